The van der Waals surface area contributed by atoms with Gasteiger partial charge in [0.2, 0.25) is 5.91 Å². The normalized spacial score (nSPS) is 9.90. The molecule has 0 aromatic heterocycles. The number of hydrogen-bond acceptors (Lipinski definition) is 4. The van der Waals surface area contributed by atoms with Crippen molar-refractivity contribution in [2.24, 2.45) is 0 Å². The van der Waals surface area contributed by atoms with Crippen LogP contribution in [0.25, 0.3) is 0 Å². The van der Waals surface area contributed by atoms with E-state index in [1.807, 2.05) is 19.1 Å². The molecule has 0 aliphatic rings. The Bertz CT molecular complexity index is 479. The fourth-order valence-corrected chi connectivity index (χ4v) is 1.61. The topological polar surface area (TPSA) is 72.5 Å². The molecule has 108 valence electrons. The predicted molar refractivity (Wildman–Crippen MR) is 74.4 cm³/mol. The zero-order chi connectivity index (χ0) is 15.0. The number of Topliss-reactive ketones (excluding diaryl/α,β-unsaturated/α-hetero) is 1. The molecule has 0 heterocycles. The summed E-state index contributed by atoms with van der Waals surface area (Å²) < 4.78 is 4.45. The lowest BCUT2D eigenvalue weighted by Gasteiger charge is -2.04. The molecule has 5 heteroatoms. The predicted octanol–water partition coefficient (Wildman–Crippen LogP) is 1.64. The van der Waals surface area contributed by atoms with E-state index >= 15 is 0 Å². The molecule has 1 rings (SSSR count). The van der Waals surface area contributed by atoms with E-state index in [4.69, 9.17) is 0 Å². The third-order valence-corrected chi connectivity index (χ3v) is 2.83. The van der Waals surface area contributed by atoms with Gasteiger partial charge in [-0.25, -0.2) is 0 Å². The van der Waals surface area contributed by atoms with Gasteiger partial charge < -0.3 is 10.1 Å². The van der Waals surface area contributed by atoms with Crippen molar-refractivity contribution in [2.45, 2.75) is 26.2 Å². The molecule has 0 saturated carbocycles. The molecule has 1 aromatic carbocycles. The molecule has 0 aliphatic carbocycles. The molecule has 1 N–H and O–H groups in total. The molecule has 0 unspecified atom stereocenters. The lowest BCUT2D eigenvalue weighted by Crippen LogP contribution is -2.26. The van der Waals surface area contributed by atoms with Gasteiger partial charge in [0.05, 0.1) is 13.5 Å². The maximum Gasteiger partial charge on any atom is 0.307 e. The van der Waals surface area contributed by atoms with E-state index in [2.05, 4.69) is 10.1 Å². The minimum absolute atomic E-state index is 0.0619. The van der Waals surface area contributed by atoms with Crippen molar-refractivity contribution in [1.82, 2.24) is 5.32 Å². The van der Waals surface area contributed by atoms with Gasteiger partial charge in [0.1, 0.15) is 0 Å². The molecule has 0 bridgehead atoms. The molecule has 1 amide bonds. The third-order valence-electron chi connectivity index (χ3n) is 2.83. The van der Waals surface area contributed by atoms with Gasteiger partial charge >= 0.3 is 5.97 Å². The Labute approximate surface area is 118 Å². The van der Waals surface area contributed by atoms with Crippen LogP contribution in [-0.2, 0) is 14.3 Å². The second-order valence-electron chi connectivity index (χ2n) is 4.47. The standard InChI is InChI=1S/C15H19NO4/c1-11-3-5-12(6-4-11)13(17)7-8-14(18)16-10-9-15(19)20-2/h3-6H,7-10H2,1-2H3,(H,16,18). The second-order valence-corrected chi connectivity index (χ2v) is 4.47. The Morgan fingerprint density at radius 1 is 1.05 bits per heavy atom. The van der Waals surface area contributed by atoms with Gasteiger partial charge in [0, 0.05) is 24.9 Å². The second kappa shape index (κ2) is 8.09. The van der Waals surface area contributed by atoms with E-state index in [1.54, 1.807) is 12.1 Å². The average molecular weight is 277 g/mol. The average Bonchev–Trinajstić information content (AvgIpc) is 2.45. The van der Waals surface area contributed by atoms with Crippen LogP contribution in [-0.4, -0.2) is 31.3 Å². The summed E-state index contributed by atoms with van der Waals surface area (Å²) in [5, 5.41) is 2.57. The first-order chi connectivity index (χ1) is 9.52. The minimum atomic E-state index is -0.374. The molecule has 0 fully saturated rings. The lowest BCUT2D eigenvalue weighted by molar-refractivity contribution is -0.140. The van der Waals surface area contributed by atoms with E-state index in [-0.39, 0.29) is 43.5 Å². The van der Waals surface area contributed by atoms with Crippen LogP contribution in [0.1, 0.15) is 35.2 Å². The maximum absolute atomic E-state index is 11.8. The first kappa shape index (κ1) is 15.9. The van der Waals surface area contributed by atoms with Crippen LogP contribution in [0.15, 0.2) is 24.3 Å². The number of benzene rings is 1. The molecular weight excluding hydrogens is 258 g/mol. The zero-order valence-corrected chi connectivity index (χ0v) is 11.8. The van der Waals surface area contributed by atoms with Crippen molar-refractivity contribution >= 4 is 17.7 Å². The van der Waals surface area contributed by atoms with E-state index in [9.17, 15) is 14.4 Å². The molecule has 0 radical (unpaired) electrons. The number of carbonyl (C=O) groups excluding carboxylic acids is 3. The number of aryl methyl sites for hydroxylation is 1. The van der Waals surface area contributed by atoms with Crippen LogP contribution >= 0.6 is 0 Å². The molecule has 20 heavy (non-hydrogen) atoms. The molecular formula is C15H19NO4. The van der Waals surface area contributed by atoms with Gasteiger partial charge in [0.15, 0.2) is 5.78 Å². The number of amides is 1. The van der Waals surface area contributed by atoms with E-state index < -0.39 is 0 Å². The van der Waals surface area contributed by atoms with Gasteiger partial charge in [0.25, 0.3) is 0 Å². The van der Waals surface area contributed by atoms with Crippen molar-refractivity contribution in [3.8, 4) is 0 Å². The van der Waals surface area contributed by atoms with Gasteiger partial charge in [-0.05, 0) is 6.92 Å². The van der Waals surface area contributed by atoms with Crippen LogP contribution < -0.4 is 5.32 Å². The van der Waals surface area contributed by atoms with Gasteiger partial charge in [-0.15, -0.1) is 0 Å². The molecule has 0 spiro atoms. The number of esters is 1. The third kappa shape index (κ3) is 5.65. The first-order valence-electron chi connectivity index (χ1n) is 6.46. The van der Waals surface area contributed by atoms with Crippen molar-refractivity contribution < 1.29 is 19.1 Å². The summed E-state index contributed by atoms with van der Waals surface area (Å²) in [5.74, 6) is -0.677. The molecule has 5 nitrogen and oxygen atoms in total. The van der Waals surface area contributed by atoms with Crippen LogP contribution in [0.4, 0.5) is 0 Å². The van der Waals surface area contributed by atoms with Crippen LogP contribution in [0, 0.1) is 6.92 Å². The Balaban J connectivity index is 2.28. The highest BCUT2D eigenvalue weighted by Crippen LogP contribution is 2.07. The summed E-state index contributed by atoms with van der Waals surface area (Å²) in [6.45, 7) is 2.17. The summed E-state index contributed by atoms with van der Waals surface area (Å²) in [7, 11) is 1.30. The lowest BCUT2D eigenvalue weighted by atomic mass is 10.1. The molecule has 0 saturated heterocycles. The summed E-state index contributed by atoms with van der Waals surface area (Å²) in [6.07, 6.45) is 0.412. The first-order valence-corrected chi connectivity index (χ1v) is 6.46. The highest BCUT2D eigenvalue weighted by Gasteiger charge is 2.09. The van der Waals surface area contributed by atoms with Crippen LogP contribution in [0.2, 0.25) is 0 Å². The highest BCUT2D eigenvalue weighted by molar-refractivity contribution is 5.97. The van der Waals surface area contributed by atoms with Gasteiger partial charge in [-0.3, -0.25) is 14.4 Å². The van der Waals surface area contributed by atoms with E-state index in [0.29, 0.717) is 5.56 Å². The number of carbonyl (C=O) groups is 3. The van der Waals surface area contributed by atoms with Gasteiger partial charge in [-0.1, -0.05) is 29.8 Å². The Morgan fingerprint density at radius 2 is 1.70 bits per heavy atom. The van der Waals surface area contributed by atoms with Crippen LogP contribution in [0.5, 0.6) is 0 Å². The molecule has 1 aromatic rings. The minimum Gasteiger partial charge on any atom is -0.469 e. The number of methoxy groups -OCH3 is 1. The largest absolute Gasteiger partial charge is 0.469 e. The van der Waals surface area contributed by atoms with Crippen LogP contribution in [0.3, 0.4) is 0 Å². The van der Waals surface area contributed by atoms with E-state index in [0.717, 1.165) is 5.56 Å². The maximum atomic E-state index is 11.8. The Morgan fingerprint density at radius 3 is 2.30 bits per heavy atom. The SMILES string of the molecule is COC(=O)CCNC(=O)CCC(=O)c1ccc(C)cc1. The fraction of sp³-hybridized carbons (Fsp3) is 0.400. The van der Waals surface area contributed by atoms with Crippen molar-refractivity contribution in [3.05, 3.63) is 35.4 Å². The van der Waals surface area contributed by atoms with Gasteiger partial charge in [-0.2, -0.15) is 0 Å². The molecule has 0 atom stereocenters. The van der Waals surface area contributed by atoms with Crippen molar-refractivity contribution in [2.75, 3.05) is 13.7 Å². The highest BCUT2D eigenvalue weighted by atomic mass is 16.5. The molecule has 0 aliphatic heterocycles. The summed E-state index contributed by atoms with van der Waals surface area (Å²) in [5.41, 5.74) is 1.69. The number of rotatable bonds is 7. The van der Waals surface area contributed by atoms with E-state index in [1.165, 1.54) is 7.11 Å². The summed E-state index contributed by atoms with van der Waals surface area (Å²) >= 11 is 0. The zero-order valence-electron chi connectivity index (χ0n) is 11.8. The number of nitrogens with one attached hydrogen (secondary N) is 1. The van der Waals surface area contributed by atoms with Crippen molar-refractivity contribution in [1.29, 1.82) is 0 Å². The quantitative estimate of drug-likeness (QED) is 0.607. The summed E-state index contributed by atoms with van der Waals surface area (Å²) in [6, 6.07) is 7.24. The number of hydrogen-bond donors (Lipinski definition) is 1. The fourth-order valence-electron chi connectivity index (χ4n) is 1.61. The van der Waals surface area contributed by atoms with Crippen molar-refractivity contribution in [3.63, 3.8) is 0 Å². The smallest absolute Gasteiger partial charge is 0.307 e. The Kier molecular flexibility index (Phi) is 6.43. The number of ketones is 1. The number of ether oxygens (including phenoxy) is 1. The summed E-state index contributed by atoms with van der Waals surface area (Å²) in [4.78, 5) is 34.2. The Hall–Kier alpha value is -2.17. The monoisotopic (exact) mass is 277 g/mol.